The van der Waals surface area contributed by atoms with E-state index in [2.05, 4.69) is 15.6 Å². The van der Waals surface area contributed by atoms with Gasteiger partial charge in [0.15, 0.2) is 17.5 Å². The predicted molar refractivity (Wildman–Crippen MR) is 124 cm³/mol. The minimum absolute atomic E-state index is 0. The highest BCUT2D eigenvalue weighted by molar-refractivity contribution is 14.0. The Hall–Kier alpha value is -2.23. The lowest BCUT2D eigenvalue weighted by molar-refractivity contribution is 0.223. The largest absolute Gasteiger partial charge is 0.493 e. The average molecular weight is 517 g/mol. The maximum Gasteiger partial charge on any atom is 0.191 e. The van der Waals surface area contributed by atoms with Crippen LogP contribution in [0, 0.1) is 5.82 Å². The number of ether oxygens (including phenoxy) is 3. The van der Waals surface area contributed by atoms with Gasteiger partial charge in [0.1, 0.15) is 17.7 Å². The number of para-hydroxylation sites is 1. The summed E-state index contributed by atoms with van der Waals surface area (Å²) < 4.78 is 29.8. The number of methoxy groups -OCH3 is 2. The molecule has 2 N–H and O–H groups in total. The maximum absolute atomic E-state index is 13.3. The molecule has 0 spiro atoms. The normalized spacial score (nSPS) is 11.8. The van der Waals surface area contributed by atoms with Crippen LogP contribution in [-0.2, 0) is 6.54 Å². The van der Waals surface area contributed by atoms with Crippen LogP contribution in [0.1, 0.15) is 19.4 Å². The van der Waals surface area contributed by atoms with Gasteiger partial charge in [-0.25, -0.2) is 9.38 Å². The molecule has 0 amide bonds. The Bertz CT molecular complexity index is 790. The van der Waals surface area contributed by atoms with Crippen molar-refractivity contribution in [2.24, 2.45) is 4.99 Å². The second kappa shape index (κ2) is 13.1. The van der Waals surface area contributed by atoms with Crippen molar-refractivity contribution in [2.45, 2.75) is 26.5 Å². The highest BCUT2D eigenvalue weighted by atomic mass is 127. The van der Waals surface area contributed by atoms with E-state index < -0.39 is 0 Å². The molecule has 2 rings (SSSR count). The summed E-state index contributed by atoms with van der Waals surface area (Å²) in [4.78, 5) is 4.60. The van der Waals surface area contributed by atoms with Crippen LogP contribution < -0.4 is 24.8 Å². The third-order valence-corrected chi connectivity index (χ3v) is 3.93. The molecule has 0 saturated heterocycles. The quantitative estimate of drug-likeness (QED) is 0.300. The smallest absolute Gasteiger partial charge is 0.191 e. The Morgan fingerprint density at radius 2 is 1.86 bits per heavy atom. The van der Waals surface area contributed by atoms with Crippen molar-refractivity contribution >= 4 is 29.9 Å². The van der Waals surface area contributed by atoms with Gasteiger partial charge in [-0.3, -0.25) is 0 Å². The van der Waals surface area contributed by atoms with E-state index in [-0.39, 0.29) is 35.9 Å². The van der Waals surface area contributed by atoms with Crippen LogP contribution in [0.25, 0.3) is 0 Å². The molecule has 0 aliphatic rings. The topological polar surface area (TPSA) is 64.1 Å². The fraction of sp³-hybridized carbons (Fsp3) is 0.381. The number of halogens is 2. The van der Waals surface area contributed by atoms with Gasteiger partial charge in [-0.15, -0.1) is 24.0 Å². The second-order valence-corrected chi connectivity index (χ2v) is 6.11. The molecule has 0 heterocycles. The van der Waals surface area contributed by atoms with Gasteiger partial charge in [0, 0.05) is 18.2 Å². The number of guanidine groups is 1. The number of hydrogen-bond donors (Lipinski definition) is 2. The zero-order valence-electron chi connectivity index (χ0n) is 17.2. The van der Waals surface area contributed by atoms with Gasteiger partial charge >= 0.3 is 0 Å². The molecule has 8 heteroatoms. The van der Waals surface area contributed by atoms with E-state index in [0.29, 0.717) is 36.3 Å². The van der Waals surface area contributed by atoms with Crippen molar-refractivity contribution in [3.63, 3.8) is 0 Å². The molecule has 160 valence electrons. The molecule has 0 aliphatic heterocycles. The highest BCUT2D eigenvalue weighted by Gasteiger charge is 2.10. The second-order valence-electron chi connectivity index (χ2n) is 6.11. The summed E-state index contributed by atoms with van der Waals surface area (Å²) in [5.41, 5.74) is 0.920. The van der Waals surface area contributed by atoms with Crippen LogP contribution in [-0.4, -0.2) is 39.4 Å². The van der Waals surface area contributed by atoms with Crippen molar-refractivity contribution in [1.29, 1.82) is 0 Å². The molecule has 0 aromatic heterocycles. The Morgan fingerprint density at radius 1 is 1.10 bits per heavy atom. The van der Waals surface area contributed by atoms with E-state index in [1.807, 2.05) is 32.0 Å². The molecule has 2 aromatic carbocycles. The summed E-state index contributed by atoms with van der Waals surface area (Å²) in [6, 6.07) is 11.8. The highest BCUT2D eigenvalue weighted by Crippen LogP contribution is 2.31. The van der Waals surface area contributed by atoms with Crippen molar-refractivity contribution in [3.8, 4) is 17.2 Å². The molecule has 0 radical (unpaired) electrons. The number of nitrogens with one attached hydrogen (secondary N) is 2. The van der Waals surface area contributed by atoms with Gasteiger partial charge in [0.25, 0.3) is 0 Å². The van der Waals surface area contributed by atoms with Gasteiger partial charge in [-0.05, 0) is 32.0 Å². The molecule has 1 unspecified atom stereocenters. The van der Waals surface area contributed by atoms with Gasteiger partial charge < -0.3 is 24.8 Å². The van der Waals surface area contributed by atoms with Crippen molar-refractivity contribution in [3.05, 3.63) is 53.8 Å². The molecule has 29 heavy (non-hydrogen) atoms. The summed E-state index contributed by atoms with van der Waals surface area (Å²) >= 11 is 0. The van der Waals surface area contributed by atoms with Crippen LogP contribution >= 0.6 is 24.0 Å². The molecule has 1 atom stereocenters. The molecular weight excluding hydrogens is 488 g/mol. The number of aliphatic imine (C=N–C) groups is 1. The number of nitrogens with zero attached hydrogens (tertiary/aromatic N) is 1. The van der Waals surface area contributed by atoms with E-state index in [1.165, 1.54) is 12.1 Å². The fourth-order valence-electron chi connectivity index (χ4n) is 2.64. The Morgan fingerprint density at radius 3 is 2.52 bits per heavy atom. The molecule has 6 nitrogen and oxygen atoms in total. The minimum Gasteiger partial charge on any atom is -0.493 e. The first-order valence-electron chi connectivity index (χ1n) is 9.21. The fourth-order valence-corrected chi connectivity index (χ4v) is 2.64. The van der Waals surface area contributed by atoms with E-state index >= 15 is 0 Å². The van der Waals surface area contributed by atoms with Gasteiger partial charge in [-0.2, -0.15) is 0 Å². The standard InChI is InChI=1S/C21H28FN3O3.HI/c1-5-23-21(24-13-15(2)28-18-10-7-9-17(22)12-18)25-14-16-8-6-11-19(26-3)20(16)27-4;/h6-12,15H,5,13-14H2,1-4H3,(H2,23,24,25);1H. The summed E-state index contributed by atoms with van der Waals surface area (Å²) in [5, 5.41) is 6.44. The van der Waals surface area contributed by atoms with Gasteiger partial charge in [-0.1, -0.05) is 18.2 Å². The molecule has 0 bridgehead atoms. The molecule has 0 saturated carbocycles. The number of rotatable bonds is 9. The number of hydrogen-bond acceptors (Lipinski definition) is 4. The summed E-state index contributed by atoms with van der Waals surface area (Å²) in [7, 11) is 3.22. The van der Waals surface area contributed by atoms with Crippen molar-refractivity contribution in [1.82, 2.24) is 10.6 Å². The first kappa shape index (κ1) is 24.8. The van der Waals surface area contributed by atoms with E-state index in [9.17, 15) is 4.39 Å². The monoisotopic (exact) mass is 517 g/mol. The Balaban J connectivity index is 0.00000420. The lowest BCUT2D eigenvalue weighted by Gasteiger charge is -2.18. The first-order chi connectivity index (χ1) is 13.6. The van der Waals surface area contributed by atoms with E-state index in [1.54, 1.807) is 26.4 Å². The third kappa shape index (κ3) is 7.96. The molecule has 2 aromatic rings. The minimum atomic E-state index is -0.320. The Kier molecular flexibility index (Phi) is 11.2. The summed E-state index contributed by atoms with van der Waals surface area (Å²) in [6.07, 6.45) is -0.169. The van der Waals surface area contributed by atoms with Crippen LogP contribution in [0.15, 0.2) is 47.5 Å². The number of benzene rings is 2. The zero-order valence-corrected chi connectivity index (χ0v) is 19.5. The van der Waals surface area contributed by atoms with E-state index in [0.717, 1.165) is 12.1 Å². The van der Waals surface area contributed by atoms with Crippen LogP contribution in [0.5, 0.6) is 17.2 Å². The molecule has 0 aliphatic carbocycles. The Labute approximate surface area is 188 Å². The van der Waals surface area contributed by atoms with Crippen molar-refractivity contribution < 1.29 is 18.6 Å². The maximum atomic E-state index is 13.3. The van der Waals surface area contributed by atoms with Gasteiger partial charge in [0.05, 0.1) is 27.3 Å². The predicted octanol–water partition coefficient (Wildman–Crippen LogP) is 3.98. The SMILES string of the molecule is CCNC(=NCc1cccc(OC)c1OC)NCC(C)Oc1cccc(F)c1.I. The zero-order chi connectivity index (χ0) is 20.4. The van der Waals surface area contributed by atoms with Gasteiger partial charge in [0.2, 0.25) is 0 Å². The molecule has 0 fully saturated rings. The summed E-state index contributed by atoms with van der Waals surface area (Å²) in [5.74, 6) is 2.18. The summed E-state index contributed by atoms with van der Waals surface area (Å²) in [6.45, 7) is 5.56. The molecular formula is C21H29FIN3O3. The first-order valence-corrected chi connectivity index (χ1v) is 9.21. The average Bonchev–Trinajstić information content (AvgIpc) is 2.69. The lowest BCUT2D eigenvalue weighted by atomic mass is 10.2. The van der Waals surface area contributed by atoms with Crippen molar-refractivity contribution in [2.75, 3.05) is 27.3 Å². The van der Waals surface area contributed by atoms with Crippen LogP contribution in [0.2, 0.25) is 0 Å². The van der Waals surface area contributed by atoms with Crippen LogP contribution in [0.3, 0.4) is 0 Å². The van der Waals surface area contributed by atoms with E-state index in [4.69, 9.17) is 14.2 Å². The third-order valence-electron chi connectivity index (χ3n) is 3.93. The van der Waals surface area contributed by atoms with Crippen LogP contribution in [0.4, 0.5) is 4.39 Å². The lowest BCUT2D eigenvalue weighted by Crippen LogP contribution is -2.41.